The minimum Gasteiger partial charge on any atom is -0.362 e. The van der Waals surface area contributed by atoms with Crippen LogP contribution in [0.15, 0.2) is 78.9 Å². The number of anilines is 3. The maximum Gasteiger partial charge on any atom is 0.258 e. The molecule has 1 N–H and O–H groups in total. The van der Waals surface area contributed by atoms with Crippen LogP contribution in [0.5, 0.6) is 0 Å². The molecule has 0 saturated carbocycles. The molecule has 0 spiro atoms. The van der Waals surface area contributed by atoms with Gasteiger partial charge in [0.15, 0.2) is 0 Å². The third-order valence-corrected chi connectivity index (χ3v) is 5.39. The van der Waals surface area contributed by atoms with Crippen molar-refractivity contribution in [2.24, 2.45) is 0 Å². The highest BCUT2D eigenvalue weighted by Crippen LogP contribution is 2.29. The summed E-state index contributed by atoms with van der Waals surface area (Å²) in [5.74, 6) is -0.104. The molecule has 152 valence electrons. The lowest BCUT2D eigenvalue weighted by Crippen LogP contribution is -2.33. The van der Waals surface area contributed by atoms with E-state index in [0.29, 0.717) is 17.8 Å². The van der Waals surface area contributed by atoms with Crippen LogP contribution in [0.2, 0.25) is 0 Å². The molecule has 0 saturated heterocycles. The van der Waals surface area contributed by atoms with Crippen molar-refractivity contribution in [1.29, 1.82) is 0 Å². The lowest BCUT2D eigenvalue weighted by Gasteiger charge is -2.22. The van der Waals surface area contributed by atoms with Crippen LogP contribution in [0.3, 0.4) is 0 Å². The number of rotatable bonds is 6. The van der Waals surface area contributed by atoms with Crippen molar-refractivity contribution in [3.63, 3.8) is 0 Å². The van der Waals surface area contributed by atoms with Crippen molar-refractivity contribution in [1.82, 2.24) is 0 Å². The number of benzene rings is 3. The van der Waals surface area contributed by atoms with E-state index in [9.17, 15) is 9.59 Å². The van der Waals surface area contributed by atoms with Crippen LogP contribution in [0, 0.1) is 0 Å². The minimum atomic E-state index is -0.0896. The first-order chi connectivity index (χ1) is 14.7. The van der Waals surface area contributed by atoms with Gasteiger partial charge in [-0.1, -0.05) is 36.4 Å². The Kier molecular flexibility index (Phi) is 5.80. The van der Waals surface area contributed by atoms with Gasteiger partial charge >= 0.3 is 0 Å². The zero-order chi connectivity index (χ0) is 20.9. The summed E-state index contributed by atoms with van der Waals surface area (Å²) in [5, 5.41) is 2.92. The Labute approximate surface area is 176 Å². The Balaban J connectivity index is 1.39. The zero-order valence-corrected chi connectivity index (χ0v) is 17.0. The molecule has 4 rings (SSSR count). The number of nitrogens with one attached hydrogen (secondary N) is 1. The molecule has 5 nitrogen and oxygen atoms in total. The first-order valence-electron chi connectivity index (χ1n) is 10.3. The van der Waals surface area contributed by atoms with E-state index in [1.54, 1.807) is 24.3 Å². The molecule has 1 aliphatic heterocycles. The van der Waals surface area contributed by atoms with Gasteiger partial charge in [0.2, 0.25) is 5.91 Å². The number of hydrogen-bond donors (Lipinski definition) is 1. The maximum atomic E-state index is 12.9. The Bertz CT molecular complexity index is 1030. The molecule has 0 atom stereocenters. The molecule has 0 unspecified atom stereocenters. The lowest BCUT2D eigenvalue weighted by molar-refractivity contribution is -0.115. The fraction of sp³-hybridized carbons (Fsp3) is 0.200. The Hall–Kier alpha value is -3.60. The molecule has 0 bridgehead atoms. The highest BCUT2D eigenvalue weighted by Gasteiger charge is 2.25. The predicted molar refractivity (Wildman–Crippen MR) is 121 cm³/mol. The molecule has 5 heteroatoms. The van der Waals surface area contributed by atoms with Crippen LogP contribution in [0.4, 0.5) is 17.1 Å². The second kappa shape index (κ2) is 8.82. The zero-order valence-electron chi connectivity index (χ0n) is 17.0. The summed E-state index contributed by atoms with van der Waals surface area (Å²) < 4.78 is 0. The van der Waals surface area contributed by atoms with Gasteiger partial charge in [0.05, 0.1) is 6.54 Å². The SMILES string of the molecule is CCN(CC(=O)Nc1ccc(C(=O)N2CCc3ccccc32)cc1)c1ccccc1. The summed E-state index contributed by atoms with van der Waals surface area (Å²) in [6.07, 6.45) is 0.880. The van der Waals surface area contributed by atoms with Crippen LogP contribution < -0.4 is 15.1 Å². The van der Waals surface area contributed by atoms with Crippen LogP contribution in [0.25, 0.3) is 0 Å². The summed E-state index contributed by atoms with van der Waals surface area (Å²) >= 11 is 0. The maximum absolute atomic E-state index is 12.9. The van der Waals surface area contributed by atoms with Crippen molar-refractivity contribution in [2.45, 2.75) is 13.3 Å². The Morgan fingerprint density at radius 1 is 0.933 bits per heavy atom. The second-order valence-corrected chi connectivity index (χ2v) is 7.31. The number of hydrogen-bond acceptors (Lipinski definition) is 3. The van der Waals surface area contributed by atoms with E-state index in [1.807, 2.05) is 65.3 Å². The average Bonchev–Trinajstić information content (AvgIpc) is 3.22. The standard InChI is InChI=1S/C25H25N3O2/c1-2-27(22-9-4-3-5-10-22)18-24(29)26-21-14-12-20(13-15-21)25(30)28-17-16-19-8-6-7-11-23(19)28/h3-15H,2,16-18H2,1H3,(H,26,29). The van der Waals surface area contributed by atoms with E-state index < -0.39 is 0 Å². The van der Waals surface area contributed by atoms with Gasteiger partial charge in [-0.3, -0.25) is 9.59 Å². The van der Waals surface area contributed by atoms with Crippen molar-refractivity contribution >= 4 is 28.9 Å². The summed E-state index contributed by atoms with van der Waals surface area (Å²) in [7, 11) is 0. The molecule has 0 aromatic heterocycles. The van der Waals surface area contributed by atoms with Gasteiger partial charge in [0.25, 0.3) is 5.91 Å². The van der Waals surface area contributed by atoms with Crippen LogP contribution in [0.1, 0.15) is 22.8 Å². The first-order valence-corrected chi connectivity index (χ1v) is 10.3. The van der Waals surface area contributed by atoms with Crippen LogP contribution in [-0.4, -0.2) is 31.4 Å². The summed E-state index contributed by atoms with van der Waals surface area (Å²) in [4.78, 5) is 29.2. The lowest BCUT2D eigenvalue weighted by atomic mass is 10.1. The number of carbonyl (C=O) groups is 2. The predicted octanol–water partition coefficient (Wildman–Crippen LogP) is 4.35. The summed E-state index contributed by atoms with van der Waals surface area (Å²) in [6, 6.07) is 25.0. The van der Waals surface area contributed by atoms with Crippen LogP contribution in [-0.2, 0) is 11.2 Å². The van der Waals surface area contributed by atoms with E-state index in [4.69, 9.17) is 0 Å². The number of amides is 2. The molecular formula is C25H25N3O2. The second-order valence-electron chi connectivity index (χ2n) is 7.31. The van der Waals surface area contributed by atoms with Gasteiger partial charge in [-0.05, 0) is 61.4 Å². The van der Waals surface area contributed by atoms with Gasteiger partial charge in [-0.2, -0.15) is 0 Å². The average molecular weight is 399 g/mol. The van der Waals surface area contributed by atoms with Crippen molar-refractivity contribution in [3.8, 4) is 0 Å². The summed E-state index contributed by atoms with van der Waals surface area (Å²) in [6.45, 7) is 3.73. The molecule has 3 aromatic carbocycles. The molecular weight excluding hydrogens is 374 g/mol. The number of para-hydroxylation sites is 2. The van der Waals surface area contributed by atoms with E-state index in [-0.39, 0.29) is 18.4 Å². The molecule has 3 aromatic rings. The Morgan fingerprint density at radius 3 is 2.37 bits per heavy atom. The van der Waals surface area contributed by atoms with E-state index in [0.717, 1.165) is 24.3 Å². The fourth-order valence-corrected chi connectivity index (χ4v) is 3.80. The molecule has 0 radical (unpaired) electrons. The number of fused-ring (bicyclic) bond motifs is 1. The third kappa shape index (κ3) is 4.20. The number of nitrogens with zero attached hydrogens (tertiary/aromatic N) is 2. The topological polar surface area (TPSA) is 52.7 Å². The van der Waals surface area contributed by atoms with Gasteiger partial charge < -0.3 is 15.1 Å². The third-order valence-electron chi connectivity index (χ3n) is 5.39. The monoisotopic (exact) mass is 399 g/mol. The number of carbonyl (C=O) groups excluding carboxylic acids is 2. The van der Waals surface area contributed by atoms with Gasteiger partial charge in [0.1, 0.15) is 0 Å². The highest BCUT2D eigenvalue weighted by molar-refractivity contribution is 6.07. The van der Waals surface area contributed by atoms with Gasteiger partial charge in [0, 0.05) is 35.7 Å². The van der Waals surface area contributed by atoms with Gasteiger partial charge in [-0.25, -0.2) is 0 Å². The van der Waals surface area contributed by atoms with E-state index in [1.165, 1.54) is 5.56 Å². The molecule has 30 heavy (non-hydrogen) atoms. The van der Waals surface area contributed by atoms with Crippen LogP contribution >= 0.6 is 0 Å². The fourth-order valence-electron chi connectivity index (χ4n) is 3.80. The number of likely N-dealkylation sites (N-methyl/N-ethyl adjacent to an activating group) is 1. The molecule has 0 fully saturated rings. The molecule has 0 aliphatic carbocycles. The smallest absolute Gasteiger partial charge is 0.258 e. The first kappa shape index (κ1) is 19.7. The van der Waals surface area contributed by atoms with Crippen molar-refractivity contribution in [2.75, 3.05) is 34.8 Å². The largest absolute Gasteiger partial charge is 0.362 e. The Morgan fingerprint density at radius 2 is 1.63 bits per heavy atom. The van der Waals surface area contributed by atoms with Gasteiger partial charge in [-0.15, -0.1) is 0 Å². The highest BCUT2D eigenvalue weighted by atomic mass is 16.2. The van der Waals surface area contributed by atoms with Crippen molar-refractivity contribution < 1.29 is 9.59 Å². The van der Waals surface area contributed by atoms with E-state index >= 15 is 0 Å². The molecule has 1 aliphatic rings. The van der Waals surface area contributed by atoms with Crippen molar-refractivity contribution in [3.05, 3.63) is 90.0 Å². The summed E-state index contributed by atoms with van der Waals surface area (Å²) in [5.41, 5.74) is 4.50. The molecule has 1 heterocycles. The molecule has 2 amide bonds. The minimum absolute atomic E-state index is 0.0148. The van der Waals surface area contributed by atoms with E-state index in [2.05, 4.69) is 11.4 Å². The normalized spacial score (nSPS) is 12.4. The quantitative estimate of drug-likeness (QED) is 0.670.